The minimum absolute atomic E-state index is 0.315. The lowest BCUT2D eigenvalue weighted by Gasteiger charge is -2.18. The van der Waals surface area contributed by atoms with Crippen LogP contribution in [0.15, 0.2) is 42.5 Å². The smallest absolute Gasteiger partial charge is 0.119 e. The van der Waals surface area contributed by atoms with Gasteiger partial charge < -0.3 is 24.8 Å². The average molecular weight is 393 g/mol. The highest BCUT2D eigenvalue weighted by atomic mass is 35.5. The molecule has 5 nitrogen and oxygen atoms in total. The molecular formula is C21H25ClO5. The van der Waals surface area contributed by atoms with Crippen LogP contribution in [-0.2, 0) is 11.2 Å². The van der Waals surface area contributed by atoms with Gasteiger partial charge >= 0.3 is 0 Å². The second kappa shape index (κ2) is 8.59. The summed E-state index contributed by atoms with van der Waals surface area (Å²) < 4.78 is 11.0. The fraction of sp³-hybridized carbons (Fsp3) is 0.429. The first-order valence-corrected chi connectivity index (χ1v) is 9.48. The highest BCUT2D eigenvalue weighted by molar-refractivity contribution is 6.31. The molecule has 3 N–H and O–H groups in total. The monoisotopic (exact) mass is 392 g/mol. The van der Waals surface area contributed by atoms with Crippen LogP contribution in [0.25, 0.3) is 0 Å². The first-order valence-electron chi connectivity index (χ1n) is 9.10. The molecule has 0 saturated carbocycles. The molecule has 1 aliphatic rings. The fourth-order valence-corrected chi connectivity index (χ4v) is 3.31. The van der Waals surface area contributed by atoms with Crippen LogP contribution < -0.4 is 4.74 Å². The molecule has 1 saturated heterocycles. The van der Waals surface area contributed by atoms with Crippen LogP contribution in [0.2, 0.25) is 5.02 Å². The molecule has 0 amide bonds. The molecule has 1 fully saturated rings. The quantitative estimate of drug-likeness (QED) is 0.602. The third kappa shape index (κ3) is 4.81. The Balaban J connectivity index is 1.70. The molecule has 6 heteroatoms. The molecule has 1 heterocycles. The van der Waals surface area contributed by atoms with E-state index in [0.29, 0.717) is 18.1 Å². The van der Waals surface area contributed by atoms with Crippen molar-refractivity contribution in [3.8, 4) is 5.75 Å². The summed E-state index contributed by atoms with van der Waals surface area (Å²) in [6.45, 7) is 4.01. The second-order valence-corrected chi connectivity index (χ2v) is 7.25. The summed E-state index contributed by atoms with van der Waals surface area (Å²) in [5, 5.41) is 30.0. The molecule has 3 rings (SSSR count). The van der Waals surface area contributed by atoms with Crippen LogP contribution >= 0.6 is 11.6 Å². The Labute approximate surface area is 164 Å². The van der Waals surface area contributed by atoms with Crippen LogP contribution in [-0.4, -0.2) is 46.3 Å². The minimum atomic E-state index is -1.24. The Morgan fingerprint density at radius 1 is 1.11 bits per heavy atom. The maximum absolute atomic E-state index is 10.1. The molecule has 0 aliphatic carbocycles. The number of ether oxygens (including phenoxy) is 2. The summed E-state index contributed by atoms with van der Waals surface area (Å²) in [6, 6.07) is 13.5. The van der Waals surface area contributed by atoms with Crippen molar-refractivity contribution in [1.29, 1.82) is 0 Å². The van der Waals surface area contributed by atoms with Crippen LogP contribution in [0, 0.1) is 0 Å². The number of hydrogen-bond donors (Lipinski definition) is 3. The molecule has 0 aromatic heterocycles. The van der Waals surface area contributed by atoms with Crippen molar-refractivity contribution < 1.29 is 24.8 Å². The average Bonchev–Trinajstić information content (AvgIpc) is 3.45. The number of aliphatic hydroxyl groups excluding tert-OH is 3. The highest BCUT2D eigenvalue weighted by Crippen LogP contribution is 2.43. The molecule has 1 aliphatic heterocycles. The summed E-state index contributed by atoms with van der Waals surface area (Å²) in [5.41, 5.74) is 2.95. The summed E-state index contributed by atoms with van der Waals surface area (Å²) in [7, 11) is 0. The van der Waals surface area contributed by atoms with Crippen LogP contribution in [0.5, 0.6) is 5.75 Å². The molecule has 5 unspecified atom stereocenters. The van der Waals surface area contributed by atoms with Gasteiger partial charge in [-0.05, 0) is 55.2 Å². The maximum atomic E-state index is 10.1. The zero-order valence-corrected chi connectivity index (χ0v) is 16.1. The van der Waals surface area contributed by atoms with E-state index in [1.165, 1.54) is 6.92 Å². The molecule has 0 bridgehead atoms. The zero-order valence-electron chi connectivity index (χ0n) is 15.4. The van der Waals surface area contributed by atoms with Gasteiger partial charge in [-0.25, -0.2) is 0 Å². The molecule has 146 valence electrons. The number of epoxide rings is 1. The largest absolute Gasteiger partial charge is 0.494 e. The van der Waals surface area contributed by atoms with Gasteiger partial charge in [0.2, 0.25) is 0 Å². The Morgan fingerprint density at radius 3 is 2.44 bits per heavy atom. The van der Waals surface area contributed by atoms with Crippen molar-refractivity contribution in [2.45, 2.75) is 50.8 Å². The minimum Gasteiger partial charge on any atom is -0.494 e. The van der Waals surface area contributed by atoms with Crippen molar-refractivity contribution in [3.63, 3.8) is 0 Å². The van der Waals surface area contributed by atoms with E-state index in [1.54, 1.807) is 0 Å². The number of rotatable bonds is 8. The first kappa shape index (κ1) is 20.1. The highest BCUT2D eigenvalue weighted by Gasteiger charge is 2.48. The molecule has 27 heavy (non-hydrogen) atoms. The second-order valence-electron chi connectivity index (χ2n) is 6.85. The van der Waals surface area contributed by atoms with Crippen molar-refractivity contribution in [2.24, 2.45) is 0 Å². The van der Waals surface area contributed by atoms with E-state index in [4.69, 9.17) is 21.1 Å². The van der Waals surface area contributed by atoms with Gasteiger partial charge in [-0.15, -0.1) is 0 Å². The maximum Gasteiger partial charge on any atom is 0.119 e. The molecular weight excluding hydrogens is 368 g/mol. The van der Waals surface area contributed by atoms with E-state index in [9.17, 15) is 15.3 Å². The van der Waals surface area contributed by atoms with Crippen molar-refractivity contribution in [3.05, 3.63) is 64.2 Å². The number of hydrogen-bond acceptors (Lipinski definition) is 5. The molecule has 2 aromatic carbocycles. The van der Waals surface area contributed by atoms with E-state index in [1.807, 2.05) is 49.4 Å². The van der Waals surface area contributed by atoms with Gasteiger partial charge in [0.25, 0.3) is 0 Å². The molecule has 0 radical (unpaired) electrons. The normalized spacial score (nSPS) is 22.1. The lowest BCUT2D eigenvalue weighted by Crippen LogP contribution is -2.39. The molecule has 5 atom stereocenters. The summed E-state index contributed by atoms with van der Waals surface area (Å²) in [5.74, 6) is 0.834. The van der Waals surface area contributed by atoms with Crippen LogP contribution in [0.1, 0.15) is 36.6 Å². The predicted octanol–water partition coefficient (Wildman–Crippen LogP) is 2.87. The summed E-state index contributed by atoms with van der Waals surface area (Å²) in [4.78, 5) is 0. The number of aliphatic hydroxyl groups is 3. The van der Waals surface area contributed by atoms with Crippen molar-refractivity contribution >= 4 is 11.6 Å². The van der Waals surface area contributed by atoms with E-state index in [2.05, 4.69) is 0 Å². The Morgan fingerprint density at radius 2 is 1.81 bits per heavy atom. The van der Waals surface area contributed by atoms with Crippen LogP contribution in [0.3, 0.4) is 0 Å². The number of halogens is 1. The van der Waals surface area contributed by atoms with Gasteiger partial charge in [0, 0.05) is 5.02 Å². The Hall–Kier alpha value is -1.63. The Bertz CT molecular complexity index is 762. The van der Waals surface area contributed by atoms with Crippen molar-refractivity contribution in [2.75, 3.05) is 6.61 Å². The Kier molecular flexibility index (Phi) is 6.40. The van der Waals surface area contributed by atoms with Gasteiger partial charge in [-0.2, -0.15) is 0 Å². The van der Waals surface area contributed by atoms with Crippen molar-refractivity contribution in [1.82, 2.24) is 0 Å². The fourth-order valence-electron chi connectivity index (χ4n) is 3.13. The van der Waals surface area contributed by atoms with Gasteiger partial charge in [0.15, 0.2) is 0 Å². The molecule has 0 spiro atoms. The first-order chi connectivity index (χ1) is 12.9. The van der Waals surface area contributed by atoms with E-state index >= 15 is 0 Å². The summed E-state index contributed by atoms with van der Waals surface area (Å²) >= 11 is 6.36. The lowest BCUT2D eigenvalue weighted by atomic mass is 9.98. The predicted molar refractivity (Wildman–Crippen MR) is 103 cm³/mol. The SMILES string of the molecule is CCOc1ccc(Cc2cc(C3OC3C(O)C(O)C(C)O)ccc2Cl)cc1. The lowest BCUT2D eigenvalue weighted by molar-refractivity contribution is -0.0608. The van der Waals surface area contributed by atoms with Gasteiger partial charge in [-0.1, -0.05) is 35.9 Å². The standard InChI is InChI=1S/C21H25ClO5/c1-3-26-16-7-4-13(5-8-16)10-15-11-14(6-9-17(15)22)20-21(27-20)19(25)18(24)12(2)23/h4-9,11-12,18-21,23-25H,3,10H2,1-2H3. The topological polar surface area (TPSA) is 82.5 Å². The van der Waals surface area contributed by atoms with E-state index in [-0.39, 0.29) is 6.10 Å². The van der Waals surface area contributed by atoms with Crippen LogP contribution in [0.4, 0.5) is 0 Å². The van der Waals surface area contributed by atoms with E-state index in [0.717, 1.165) is 22.4 Å². The molecule has 2 aromatic rings. The zero-order chi connectivity index (χ0) is 19.6. The van der Waals surface area contributed by atoms with Gasteiger partial charge in [0.1, 0.15) is 30.2 Å². The third-order valence-electron chi connectivity index (χ3n) is 4.73. The third-order valence-corrected chi connectivity index (χ3v) is 5.10. The number of benzene rings is 2. The van der Waals surface area contributed by atoms with Gasteiger partial charge in [-0.3, -0.25) is 0 Å². The van der Waals surface area contributed by atoms with E-state index < -0.39 is 24.4 Å². The summed E-state index contributed by atoms with van der Waals surface area (Å²) in [6.07, 6.45) is -3.59. The van der Waals surface area contributed by atoms with Gasteiger partial charge in [0.05, 0.1) is 12.7 Å².